The van der Waals surface area contributed by atoms with Gasteiger partial charge in [-0.2, -0.15) is 0 Å². The molecule has 0 aliphatic heterocycles. The van der Waals surface area contributed by atoms with Gasteiger partial charge in [0.1, 0.15) is 6.16 Å². The topological polar surface area (TPSA) is 69.6 Å². The van der Waals surface area contributed by atoms with Crippen molar-refractivity contribution < 1.29 is 14.6 Å². The number of carbonyl (C=O) groups excluding carboxylic acids is 1. The van der Waals surface area contributed by atoms with Gasteiger partial charge in [-0.15, -0.1) is 0 Å². The molecule has 14 heavy (non-hydrogen) atoms. The van der Waals surface area contributed by atoms with Crippen molar-refractivity contribution in [2.75, 3.05) is 6.16 Å². The van der Waals surface area contributed by atoms with Crippen LogP contribution in [0.3, 0.4) is 0 Å². The highest BCUT2D eigenvalue weighted by Gasteiger charge is 2.19. The second-order valence-electron chi connectivity index (χ2n) is 3.73. The highest BCUT2D eigenvalue weighted by Crippen LogP contribution is 2.34. The summed E-state index contributed by atoms with van der Waals surface area (Å²) < 4.78 is 0. The summed E-state index contributed by atoms with van der Waals surface area (Å²) in [7, 11) is 0. The van der Waals surface area contributed by atoms with Crippen LogP contribution in [0.1, 0.15) is 32.1 Å². The molecule has 0 saturated heterocycles. The fourth-order valence-electron chi connectivity index (χ4n) is 1.71. The van der Waals surface area contributed by atoms with Gasteiger partial charge in [-0.05, 0) is 24.6 Å². The summed E-state index contributed by atoms with van der Waals surface area (Å²) in [4.78, 5) is 29.1. The predicted molar refractivity (Wildman–Crippen MR) is 58.6 cm³/mol. The largest absolute Gasteiger partial charge is 0.353 e. The van der Waals surface area contributed by atoms with Crippen molar-refractivity contribution in [1.82, 2.24) is 5.32 Å². The molecule has 0 bridgehead atoms. The van der Waals surface area contributed by atoms with E-state index < -0.39 is 6.49 Å². The highest BCUT2D eigenvalue weighted by molar-refractivity contribution is 8.09. The maximum Gasteiger partial charge on any atom is 0.229 e. The molecule has 6 heteroatoms. The third kappa shape index (κ3) is 5.05. The fraction of sp³-hybridized carbons (Fsp3) is 0.875. The Kier molecular flexibility index (Phi) is 4.51. The van der Waals surface area contributed by atoms with E-state index in [1.54, 1.807) is 0 Å². The standard InChI is InChI=1S/C8H16NO3PS/c10-8(6-13(11,12)14)9-7-4-2-1-3-5-7/h7H,1-6H2,(H,9,10)(H2,11,12,14). The van der Waals surface area contributed by atoms with Crippen LogP contribution in [0, 0.1) is 0 Å². The van der Waals surface area contributed by atoms with E-state index in [9.17, 15) is 4.79 Å². The van der Waals surface area contributed by atoms with Crippen LogP contribution in [0.25, 0.3) is 0 Å². The first-order valence-corrected chi connectivity index (χ1v) is 7.70. The molecule has 0 heterocycles. The summed E-state index contributed by atoms with van der Waals surface area (Å²) in [5, 5.41) is 2.78. The average Bonchev–Trinajstić information content (AvgIpc) is 2.02. The SMILES string of the molecule is O=C(CP(O)(O)=S)NC1CCCCC1. The normalized spacial score (nSPS) is 19.3. The fourth-order valence-corrected chi connectivity index (χ4v) is 2.52. The van der Waals surface area contributed by atoms with E-state index in [1.165, 1.54) is 6.42 Å². The molecule has 1 amide bonds. The lowest BCUT2D eigenvalue weighted by Crippen LogP contribution is -2.37. The van der Waals surface area contributed by atoms with E-state index in [-0.39, 0.29) is 18.1 Å². The molecule has 0 radical (unpaired) electrons. The zero-order valence-corrected chi connectivity index (χ0v) is 9.69. The first-order valence-electron chi connectivity index (χ1n) is 4.81. The maximum absolute atomic E-state index is 11.3. The van der Waals surface area contributed by atoms with E-state index in [0.29, 0.717) is 0 Å². The molecule has 3 N–H and O–H groups in total. The van der Waals surface area contributed by atoms with Gasteiger partial charge in [0.25, 0.3) is 0 Å². The van der Waals surface area contributed by atoms with E-state index in [1.807, 2.05) is 0 Å². The van der Waals surface area contributed by atoms with Gasteiger partial charge in [0, 0.05) is 6.04 Å². The summed E-state index contributed by atoms with van der Waals surface area (Å²) in [5.74, 6) is -0.328. The Balaban J connectivity index is 2.29. The van der Waals surface area contributed by atoms with Crippen LogP contribution in [0.2, 0.25) is 0 Å². The van der Waals surface area contributed by atoms with Crippen LogP contribution in [0.5, 0.6) is 0 Å². The van der Waals surface area contributed by atoms with Crippen LogP contribution >= 0.6 is 6.49 Å². The van der Waals surface area contributed by atoms with Gasteiger partial charge < -0.3 is 15.1 Å². The summed E-state index contributed by atoms with van der Waals surface area (Å²) in [5.41, 5.74) is 0. The van der Waals surface area contributed by atoms with Crippen molar-refractivity contribution in [1.29, 1.82) is 0 Å². The minimum atomic E-state index is -3.37. The summed E-state index contributed by atoms with van der Waals surface area (Å²) in [6.45, 7) is -3.37. The van der Waals surface area contributed by atoms with Gasteiger partial charge in [0.2, 0.25) is 5.91 Å². The molecule has 0 atom stereocenters. The molecule has 1 aliphatic rings. The van der Waals surface area contributed by atoms with E-state index in [2.05, 4.69) is 17.1 Å². The van der Waals surface area contributed by atoms with E-state index >= 15 is 0 Å². The Hall–Kier alpha value is 0.0400. The molecule has 1 saturated carbocycles. The lowest BCUT2D eigenvalue weighted by atomic mass is 9.95. The molecule has 0 unspecified atom stereocenters. The molecule has 1 aliphatic carbocycles. The highest BCUT2D eigenvalue weighted by atomic mass is 32.5. The van der Waals surface area contributed by atoms with Gasteiger partial charge in [-0.25, -0.2) is 0 Å². The van der Waals surface area contributed by atoms with Crippen LogP contribution in [-0.2, 0) is 16.6 Å². The first kappa shape index (κ1) is 12.1. The number of amides is 1. The van der Waals surface area contributed by atoms with Crippen LogP contribution in [0.4, 0.5) is 0 Å². The molecule has 1 fully saturated rings. The Labute approximate surface area is 88.9 Å². The number of hydrogen-bond acceptors (Lipinski definition) is 2. The molecule has 0 spiro atoms. The summed E-state index contributed by atoms with van der Waals surface area (Å²) in [6.07, 6.45) is 5.16. The number of rotatable bonds is 3. The Morgan fingerprint density at radius 1 is 1.36 bits per heavy atom. The van der Waals surface area contributed by atoms with Gasteiger partial charge in [-0.3, -0.25) is 4.79 Å². The minimum absolute atomic E-state index is 0.206. The maximum atomic E-state index is 11.3. The quantitative estimate of drug-likeness (QED) is 0.633. The first-order chi connectivity index (χ1) is 6.47. The molecule has 82 valence electrons. The van der Waals surface area contributed by atoms with Gasteiger partial charge >= 0.3 is 0 Å². The minimum Gasteiger partial charge on any atom is -0.353 e. The van der Waals surface area contributed by atoms with Crippen molar-refractivity contribution in [2.45, 2.75) is 38.1 Å². The number of carbonyl (C=O) groups is 1. The lowest BCUT2D eigenvalue weighted by molar-refractivity contribution is -0.119. The molecule has 4 nitrogen and oxygen atoms in total. The molecule has 1 rings (SSSR count). The molecular weight excluding hydrogens is 221 g/mol. The van der Waals surface area contributed by atoms with Crippen molar-refractivity contribution >= 4 is 24.2 Å². The zero-order valence-electron chi connectivity index (χ0n) is 7.98. The van der Waals surface area contributed by atoms with Gasteiger partial charge in [0.05, 0.1) is 0 Å². The van der Waals surface area contributed by atoms with Crippen LogP contribution in [0.15, 0.2) is 0 Å². The Morgan fingerprint density at radius 3 is 2.43 bits per heavy atom. The molecule has 0 aromatic heterocycles. The monoisotopic (exact) mass is 237 g/mol. The van der Waals surface area contributed by atoms with E-state index in [0.717, 1.165) is 25.7 Å². The Bertz CT molecular complexity index is 247. The third-order valence-electron chi connectivity index (χ3n) is 2.32. The predicted octanol–water partition coefficient (Wildman–Crippen LogP) is 0.729. The lowest BCUT2D eigenvalue weighted by Gasteiger charge is -2.23. The van der Waals surface area contributed by atoms with Gasteiger partial charge in [-0.1, -0.05) is 19.3 Å². The second-order valence-corrected chi connectivity index (χ2v) is 7.13. The molecule has 0 aromatic carbocycles. The average molecular weight is 237 g/mol. The number of hydrogen-bond donors (Lipinski definition) is 3. The van der Waals surface area contributed by atoms with Crippen molar-refractivity contribution in [3.8, 4) is 0 Å². The zero-order chi connectivity index (χ0) is 10.6. The Morgan fingerprint density at radius 2 is 1.93 bits per heavy atom. The summed E-state index contributed by atoms with van der Waals surface area (Å²) in [6, 6.07) is 0.206. The van der Waals surface area contributed by atoms with Crippen LogP contribution < -0.4 is 5.32 Å². The van der Waals surface area contributed by atoms with Crippen molar-refractivity contribution in [3.63, 3.8) is 0 Å². The van der Waals surface area contributed by atoms with Gasteiger partial charge in [0.15, 0.2) is 6.49 Å². The third-order valence-corrected chi connectivity index (χ3v) is 3.41. The summed E-state index contributed by atoms with van der Waals surface area (Å²) >= 11 is 4.39. The smallest absolute Gasteiger partial charge is 0.229 e. The molecule has 0 aromatic rings. The second kappa shape index (κ2) is 5.21. The van der Waals surface area contributed by atoms with Crippen molar-refractivity contribution in [2.24, 2.45) is 0 Å². The molecular formula is C8H16NO3PS. The van der Waals surface area contributed by atoms with E-state index in [4.69, 9.17) is 9.79 Å². The van der Waals surface area contributed by atoms with Crippen LogP contribution in [-0.4, -0.2) is 27.9 Å². The number of nitrogens with one attached hydrogen (secondary N) is 1. The van der Waals surface area contributed by atoms with Crippen molar-refractivity contribution in [3.05, 3.63) is 0 Å².